The van der Waals surface area contributed by atoms with Gasteiger partial charge in [-0.2, -0.15) is 0 Å². The first-order chi connectivity index (χ1) is 36.9. The van der Waals surface area contributed by atoms with Crippen LogP contribution in [0.1, 0.15) is 266 Å². The van der Waals surface area contributed by atoms with Crippen LogP contribution < -0.4 is 14.2 Å². The molecule has 1 aliphatic heterocycles. The molecule has 4 aromatic rings. The normalized spacial score (nSPS) is 27.3. The van der Waals surface area contributed by atoms with E-state index in [-0.39, 0.29) is 14.7 Å². The first-order valence-corrected chi connectivity index (χ1v) is 32.1. The van der Waals surface area contributed by atoms with Crippen molar-refractivity contribution >= 4 is 50.5 Å². The zero-order chi connectivity index (χ0) is 56.8. The van der Waals surface area contributed by atoms with E-state index < -0.39 is 0 Å². The van der Waals surface area contributed by atoms with Crippen LogP contribution in [0.25, 0.3) is 0 Å². The number of benzene rings is 4. The molecule has 422 valence electrons. The summed E-state index contributed by atoms with van der Waals surface area (Å²) >= 11 is 9.31. The molecule has 0 fully saturated rings. The van der Waals surface area contributed by atoms with Crippen molar-refractivity contribution in [3.63, 3.8) is 0 Å². The van der Waals surface area contributed by atoms with E-state index in [4.69, 9.17) is 14.2 Å². The predicted octanol–water partition coefficient (Wildman–Crippen LogP) is 20.8. The van der Waals surface area contributed by atoms with Crippen molar-refractivity contribution < 1.29 is 29.5 Å². The van der Waals surface area contributed by atoms with Gasteiger partial charge in [0.1, 0.15) is 6.61 Å². The topological polar surface area (TPSA) is 88.4 Å². The molecule has 1 heterocycles. The lowest BCUT2D eigenvalue weighted by molar-refractivity contribution is 0.172. The Hall–Kier alpha value is -3.60. The van der Waals surface area contributed by atoms with Gasteiger partial charge in [0, 0.05) is 34.4 Å². The predicted molar refractivity (Wildman–Crippen MR) is 337 cm³/mol. The Morgan fingerprint density at radius 2 is 0.885 bits per heavy atom. The van der Waals surface area contributed by atoms with E-state index in [2.05, 4.69) is 175 Å². The Balaban J connectivity index is 0.000000151. The first-order valence-electron chi connectivity index (χ1n) is 29.4. The number of hydrogen-bond donors (Lipinski definition) is 3. The molecule has 12 atom stereocenters. The van der Waals surface area contributed by atoms with Crippen LogP contribution in [-0.2, 0) is 6.61 Å². The largest absolute Gasteiger partial charge is 0.504 e. The van der Waals surface area contributed by atoms with Gasteiger partial charge >= 0.3 is 3.18 Å². The number of allylic oxidation sites excluding steroid dienone is 6. The quantitative estimate of drug-likeness (QED) is 0.101. The second-order valence-corrected chi connectivity index (χ2v) is 31.9. The number of phenols is 3. The third-order valence-electron chi connectivity index (χ3n) is 19.0. The molecule has 0 aromatic heterocycles. The van der Waals surface area contributed by atoms with E-state index in [0.717, 1.165) is 58.3 Å². The fourth-order valence-corrected chi connectivity index (χ4v) is 15.7. The molecular formula is C68H90BBr3O6. The van der Waals surface area contributed by atoms with Crippen LogP contribution in [0.2, 0.25) is 0 Å². The zero-order valence-corrected chi connectivity index (χ0v) is 54.4. The van der Waals surface area contributed by atoms with E-state index in [1.54, 1.807) is 11.1 Å². The van der Waals surface area contributed by atoms with Crippen molar-refractivity contribution in [1.29, 1.82) is 0 Å². The van der Waals surface area contributed by atoms with Crippen molar-refractivity contribution in [3.05, 3.63) is 138 Å². The smallest absolute Gasteiger partial charge is 0.369 e. The molecule has 6 nitrogen and oxygen atoms in total. The summed E-state index contributed by atoms with van der Waals surface area (Å²) in [7, 11) is 0. The summed E-state index contributed by atoms with van der Waals surface area (Å²) < 4.78 is 18.4. The summed E-state index contributed by atoms with van der Waals surface area (Å²) in [5.74, 6) is 9.83. The van der Waals surface area contributed by atoms with Gasteiger partial charge in [-0.3, -0.25) is 0 Å². The number of hydrogen-bond acceptors (Lipinski definition) is 6. The second-order valence-electron chi connectivity index (χ2n) is 25.5. The highest BCUT2D eigenvalue weighted by molar-refractivity contribution is 9.69. The highest BCUT2D eigenvalue weighted by Gasteiger charge is 2.45. The molecule has 78 heavy (non-hydrogen) atoms. The molecule has 10 heteroatoms. The van der Waals surface area contributed by atoms with Crippen molar-refractivity contribution in [2.45, 2.75) is 222 Å². The minimum Gasteiger partial charge on any atom is -0.504 e. The van der Waals surface area contributed by atoms with E-state index in [1.165, 1.54) is 101 Å². The summed E-state index contributed by atoms with van der Waals surface area (Å²) in [6.07, 6.45) is 18.1. The van der Waals surface area contributed by atoms with Crippen LogP contribution in [0.5, 0.6) is 34.5 Å². The summed E-state index contributed by atoms with van der Waals surface area (Å²) in [4.78, 5) is 0. The number of halogens is 3. The van der Waals surface area contributed by atoms with Gasteiger partial charge in [-0.05, 0) is 229 Å². The average Bonchev–Trinajstić information content (AvgIpc) is 4.02. The summed E-state index contributed by atoms with van der Waals surface area (Å²) in [5, 5.41) is 32.2. The van der Waals surface area contributed by atoms with Crippen LogP contribution in [0, 0.1) is 38.5 Å². The SMILES string of the molecule is BrB(Br)Br.CC(C)=C[C@@H]1C[C@H](C)[C@H]2CC[C@H](C)c3c(O)c(O)c(C)c1c32.CC(C)=C[C@@H]1C[C@H](C)[C@H]2CC[C@H](C)c3c(OCc4ccccc4)c(O)c(C)c1c32.CC(C)=C[C@@H]1C[C@H](C)[C@H]2CC[C@H](C)c3c4c(c(C)c1c32)OCO4. The molecule has 6 aliphatic carbocycles. The molecule has 4 aromatic carbocycles. The van der Waals surface area contributed by atoms with Crippen molar-refractivity contribution in [1.82, 2.24) is 0 Å². The van der Waals surface area contributed by atoms with Gasteiger partial charge in [-0.1, -0.05) is 107 Å². The first kappa shape index (κ1) is 60.5. The summed E-state index contributed by atoms with van der Waals surface area (Å²) in [6.45, 7) is 34.3. The molecule has 0 bridgehead atoms. The van der Waals surface area contributed by atoms with Gasteiger partial charge in [0.05, 0.1) is 0 Å². The van der Waals surface area contributed by atoms with Gasteiger partial charge < -0.3 is 29.5 Å². The molecule has 0 saturated heterocycles. The van der Waals surface area contributed by atoms with Gasteiger partial charge in [-0.15, -0.1) is 47.3 Å². The van der Waals surface area contributed by atoms with E-state index in [1.807, 2.05) is 25.1 Å². The molecule has 0 unspecified atom stereocenters. The van der Waals surface area contributed by atoms with E-state index >= 15 is 0 Å². The second kappa shape index (κ2) is 25.3. The van der Waals surface area contributed by atoms with Gasteiger partial charge in [-0.25, -0.2) is 0 Å². The molecular weight excluding hydrogens is 1160 g/mol. The van der Waals surface area contributed by atoms with Crippen LogP contribution >= 0.6 is 47.3 Å². The lowest BCUT2D eigenvalue weighted by atomic mass is 9.62. The number of aromatic hydroxyl groups is 3. The Labute approximate surface area is 494 Å². The van der Waals surface area contributed by atoms with Crippen LogP contribution in [-0.4, -0.2) is 25.3 Å². The van der Waals surface area contributed by atoms with Crippen LogP contribution in [0.3, 0.4) is 0 Å². The maximum atomic E-state index is 11.2. The minimum absolute atomic E-state index is 0.1000. The monoisotopic (exact) mass is 1250 g/mol. The maximum absolute atomic E-state index is 11.2. The molecule has 7 aliphatic rings. The van der Waals surface area contributed by atoms with Gasteiger partial charge in [0.2, 0.25) is 6.79 Å². The lowest BCUT2D eigenvalue weighted by Gasteiger charge is -2.43. The molecule has 11 rings (SSSR count). The molecule has 0 spiro atoms. The third-order valence-corrected chi connectivity index (χ3v) is 19.0. The molecule has 0 saturated carbocycles. The molecule has 0 amide bonds. The van der Waals surface area contributed by atoms with Gasteiger partial charge in [0.25, 0.3) is 0 Å². The van der Waals surface area contributed by atoms with E-state index in [9.17, 15) is 15.3 Å². The summed E-state index contributed by atoms with van der Waals surface area (Å²) in [5.41, 5.74) is 20.9. The summed E-state index contributed by atoms with van der Waals surface area (Å²) in [6, 6.07) is 10.2. The average molecular weight is 1250 g/mol. The minimum atomic E-state index is 0.1000. The fourth-order valence-electron chi connectivity index (χ4n) is 15.7. The Morgan fingerprint density at radius 3 is 1.35 bits per heavy atom. The van der Waals surface area contributed by atoms with Crippen LogP contribution in [0.15, 0.2) is 65.3 Å². The molecule has 3 N–H and O–H groups in total. The van der Waals surface area contributed by atoms with Crippen molar-refractivity contribution in [2.75, 3.05) is 6.79 Å². The third kappa shape index (κ3) is 12.1. The van der Waals surface area contributed by atoms with Crippen LogP contribution in [0.4, 0.5) is 0 Å². The lowest BCUT2D eigenvalue weighted by Crippen LogP contribution is -2.28. The molecule has 0 radical (unpaired) electrons. The number of fused-ring (bicyclic) bond motifs is 2. The van der Waals surface area contributed by atoms with Crippen molar-refractivity contribution in [3.8, 4) is 34.5 Å². The standard InChI is InChI=1S/C27H34O2.C21H28O2.C20H28O2.BBr3/c1-16(2)13-21-14-18(4)22-12-11-17(3)23-25(22)24(21)19(5)26(28)27(23)29-15-20-9-7-6-8-10-20;1-11(2)8-15-9-13(4)16-7-6-12(3)17-19(16)18(15)14(5)20-21(17)23-10-22-20;1-10(2)8-14-9-12(4)15-7-6-11(3)16-18(15)17(14)13(5)19(21)20(16)22;2-1(3)4/h6-10,13,17-18,21-22,28H,11-12,14-15H2,1-5H3;8,12-13,15-16H,6-7,9-10H2,1-5H3;8,11-12,14-15,21-22H,6-7,9H2,1-5H3;/t17-,18-,21+,22+;12-,13-,15+,16+;11-,12-,14+,15+;/m000./s1. The van der Waals surface area contributed by atoms with Crippen molar-refractivity contribution in [2.24, 2.45) is 17.8 Å². The number of ether oxygens (including phenoxy) is 3. The fraction of sp³-hybridized carbons (Fsp3) is 0.559. The highest BCUT2D eigenvalue weighted by Crippen LogP contribution is 2.62. The Morgan fingerprint density at radius 1 is 0.500 bits per heavy atom. The highest BCUT2D eigenvalue weighted by atomic mass is 79.9. The Bertz CT molecular complexity index is 2930. The number of phenolic OH excluding ortho intramolecular Hbond substituents is 3. The maximum Gasteiger partial charge on any atom is 0.369 e. The van der Waals surface area contributed by atoms with Gasteiger partial charge in [0.15, 0.2) is 34.5 Å². The Kier molecular flexibility index (Phi) is 19.6. The van der Waals surface area contributed by atoms with E-state index in [0.29, 0.717) is 84.2 Å². The zero-order valence-electron chi connectivity index (χ0n) is 49.6. The number of rotatable bonds is 6.